The predicted octanol–water partition coefficient (Wildman–Crippen LogP) is 3.42. The van der Waals surface area contributed by atoms with Crippen molar-refractivity contribution in [2.75, 3.05) is 26.2 Å². The van der Waals surface area contributed by atoms with Gasteiger partial charge in [-0.2, -0.15) is 0 Å². The lowest BCUT2D eigenvalue weighted by Crippen LogP contribution is -2.34. The second-order valence-corrected chi connectivity index (χ2v) is 5.61. The van der Waals surface area contributed by atoms with Crippen LogP contribution in [0.5, 0.6) is 0 Å². The zero-order valence-corrected chi connectivity index (χ0v) is 12.0. The standard InChI is InChI=1S/C15H32N2/c1-3-4-5-6-7-10-15(2)16-11-14-17-12-8-9-13-17/h15-16H,3-14H2,1-2H3. The topological polar surface area (TPSA) is 15.3 Å². The minimum Gasteiger partial charge on any atom is -0.313 e. The highest BCUT2D eigenvalue weighted by atomic mass is 15.1. The molecule has 17 heavy (non-hydrogen) atoms. The van der Waals surface area contributed by atoms with Crippen LogP contribution < -0.4 is 5.32 Å². The number of hydrogen-bond acceptors (Lipinski definition) is 2. The van der Waals surface area contributed by atoms with Crippen LogP contribution in [-0.2, 0) is 0 Å². The molecule has 2 heteroatoms. The first-order chi connectivity index (χ1) is 8.33. The summed E-state index contributed by atoms with van der Waals surface area (Å²) in [6.45, 7) is 9.70. The fourth-order valence-electron chi connectivity index (χ4n) is 2.63. The number of rotatable bonds is 10. The number of unbranched alkanes of at least 4 members (excludes halogenated alkanes) is 4. The molecule has 1 aliphatic heterocycles. The molecule has 1 saturated heterocycles. The van der Waals surface area contributed by atoms with Gasteiger partial charge in [0.15, 0.2) is 0 Å². The van der Waals surface area contributed by atoms with Gasteiger partial charge in [-0.1, -0.05) is 39.0 Å². The van der Waals surface area contributed by atoms with Gasteiger partial charge in [0.25, 0.3) is 0 Å². The predicted molar refractivity (Wildman–Crippen MR) is 76.5 cm³/mol. The Bertz CT molecular complexity index is 164. The van der Waals surface area contributed by atoms with Crippen molar-refractivity contribution in [2.24, 2.45) is 0 Å². The van der Waals surface area contributed by atoms with Crippen molar-refractivity contribution in [3.05, 3.63) is 0 Å². The minimum absolute atomic E-state index is 0.708. The van der Waals surface area contributed by atoms with Crippen molar-refractivity contribution in [1.82, 2.24) is 10.2 Å². The van der Waals surface area contributed by atoms with E-state index in [1.165, 1.54) is 77.5 Å². The quantitative estimate of drug-likeness (QED) is 0.589. The molecule has 0 amide bonds. The summed E-state index contributed by atoms with van der Waals surface area (Å²) in [7, 11) is 0. The molecule has 1 N–H and O–H groups in total. The first kappa shape index (κ1) is 15.0. The molecule has 1 unspecified atom stereocenters. The lowest BCUT2D eigenvalue weighted by Gasteiger charge is -2.18. The minimum atomic E-state index is 0.708. The Morgan fingerprint density at radius 2 is 1.76 bits per heavy atom. The molecule has 0 aromatic heterocycles. The summed E-state index contributed by atoms with van der Waals surface area (Å²) in [6.07, 6.45) is 11.2. The summed E-state index contributed by atoms with van der Waals surface area (Å²) in [5.41, 5.74) is 0. The van der Waals surface area contributed by atoms with Crippen molar-refractivity contribution in [1.29, 1.82) is 0 Å². The van der Waals surface area contributed by atoms with Gasteiger partial charge in [0.1, 0.15) is 0 Å². The van der Waals surface area contributed by atoms with Crippen LogP contribution in [0.15, 0.2) is 0 Å². The molecule has 0 radical (unpaired) electrons. The molecule has 0 aromatic carbocycles. The summed E-state index contributed by atoms with van der Waals surface area (Å²) in [6, 6.07) is 0.708. The van der Waals surface area contributed by atoms with Gasteiger partial charge in [-0.3, -0.25) is 0 Å². The highest BCUT2D eigenvalue weighted by molar-refractivity contribution is 4.68. The molecule has 0 aromatic rings. The summed E-state index contributed by atoms with van der Waals surface area (Å²) in [5.74, 6) is 0. The van der Waals surface area contributed by atoms with Crippen molar-refractivity contribution in [2.45, 2.75) is 71.3 Å². The summed E-state index contributed by atoms with van der Waals surface area (Å²) in [5, 5.41) is 3.66. The van der Waals surface area contributed by atoms with Crippen LogP contribution in [0.4, 0.5) is 0 Å². The fourth-order valence-corrected chi connectivity index (χ4v) is 2.63. The summed E-state index contributed by atoms with van der Waals surface area (Å²) >= 11 is 0. The number of nitrogens with one attached hydrogen (secondary N) is 1. The van der Waals surface area contributed by atoms with Crippen molar-refractivity contribution in [3.63, 3.8) is 0 Å². The summed E-state index contributed by atoms with van der Waals surface area (Å²) < 4.78 is 0. The number of nitrogens with zero attached hydrogens (tertiary/aromatic N) is 1. The van der Waals surface area contributed by atoms with E-state index >= 15 is 0 Å². The molecular weight excluding hydrogens is 208 g/mol. The van der Waals surface area contributed by atoms with E-state index in [1.807, 2.05) is 0 Å². The van der Waals surface area contributed by atoms with Gasteiger partial charge < -0.3 is 10.2 Å². The van der Waals surface area contributed by atoms with Crippen LogP contribution in [0, 0.1) is 0 Å². The molecule has 1 aliphatic rings. The highest BCUT2D eigenvalue weighted by Crippen LogP contribution is 2.08. The van der Waals surface area contributed by atoms with Gasteiger partial charge in [-0.25, -0.2) is 0 Å². The van der Waals surface area contributed by atoms with E-state index in [1.54, 1.807) is 0 Å². The highest BCUT2D eigenvalue weighted by Gasteiger charge is 2.10. The van der Waals surface area contributed by atoms with E-state index in [4.69, 9.17) is 0 Å². The lowest BCUT2D eigenvalue weighted by molar-refractivity contribution is 0.326. The third kappa shape index (κ3) is 7.77. The van der Waals surface area contributed by atoms with E-state index in [-0.39, 0.29) is 0 Å². The zero-order valence-electron chi connectivity index (χ0n) is 12.0. The van der Waals surface area contributed by atoms with E-state index < -0.39 is 0 Å². The maximum absolute atomic E-state index is 3.66. The SMILES string of the molecule is CCCCCCCC(C)NCCN1CCCC1. The molecule has 1 rings (SSSR count). The van der Waals surface area contributed by atoms with E-state index in [0.29, 0.717) is 6.04 Å². The molecule has 102 valence electrons. The zero-order chi connectivity index (χ0) is 12.3. The van der Waals surface area contributed by atoms with E-state index in [9.17, 15) is 0 Å². The molecule has 1 heterocycles. The Morgan fingerprint density at radius 1 is 1.06 bits per heavy atom. The van der Waals surface area contributed by atoms with Crippen LogP contribution >= 0.6 is 0 Å². The molecule has 2 nitrogen and oxygen atoms in total. The maximum atomic E-state index is 3.66. The first-order valence-corrected chi connectivity index (χ1v) is 7.78. The average molecular weight is 240 g/mol. The van der Waals surface area contributed by atoms with Gasteiger partial charge >= 0.3 is 0 Å². The van der Waals surface area contributed by atoms with Crippen LogP contribution in [0.25, 0.3) is 0 Å². The van der Waals surface area contributed by atoms with Crippen molar-refractivity contribution >= 4 is 0 Å². The second-order valence-electron chi connectivity index (χ2n) is 5.61. The number of likely N-dealkylation sites (tertiary alicyclic amines) is 1. The van der Waals surface area contributed by atoms with Crippen LogP contribution in [0.3, 0.4) is 0 Å². The molecule has 0 saturated carbocycles. The third-order valence-electron chi connectivity index (χ3n) is 3.86. The third-order valence-corrected chi connectivity index (χ3v) is 3.86. The fraction of sp³-hybridized carbons (Fsp3) is 1.00. The Kier molecular flexibility index (Phi) is 8.72. The molecule has 0 bridgehead atoms. The maximum Gasteiger partial charge on any atom is 0.0107 e. The Labute approximate surface area is 108 Å². The van der Waals surface area contributed by atoms with Gasteiger partial charge in [-0.05, 0) is 39.3 Å². The molecule has 0 spiro atoms. The van der Waals surface area contributed by atoms with Crippen molar-refractivity contribution in [3.8, 4) is 0 Å². The Balaban J connectivity index is 1.84. The largest absolute Gasteiger partial charge is 0.313 e. The van der Waals surface area contributed by atoms with Crippen LogP contribution in [-0.4, -0.2) is 37.1 Å². The van der Waals surface area contributed by atoms with E-state index in [0.717, 1.165) is 0 Å². The molecule has 1 fully saturated rings. The van der Waals surface area contributed by atoms with Crippen molar-refractivity contribution < 1.29 is 0 Å². The first-order valence-electron chi connectivity index (χ1n) is 7.78. The Morgan fingerprint density at radius 3 is 2.47 bits per heavy atom. The van der Waals surface area contributed by atoms with Gasteiger partial charge in [0, 0.05) is 19.1 Å². The van der Waals surface area contributed by atoms with Gasteiger partial charge in [0.2, 0.25) is 0 Å². The molecular formula is C15H32N2. The van der Waals surface area contributed by atoms with Gasteiger partial charge in [-0.15, -0.1) is 0 Å². The van der Waals surface area contributed by atoms with E-state index in [2.05, 4.69) is 24.1 Å². The van der Waals surface area contributed by atoms with Crippen LogP contribution in [0.2, 0.25) is 0 Å². The smallest absolute Gasteiger partial charge is 0.0107 e. The second kappa shape index (κ2) is 9.90. The monoisotopic (exact) mass is 240 g/mol. The van der Waals surface area contributed by atoms with Crippen LogP contribution in [0.1, 0.15) is 65.2 Å². The summed E-state index contributed by atoms with van der Waals surface area (Å²) in [4.78, 5) is 2.58. The molecule has 1 atom stereocenters. The normalized spacial score (nSPS) is 18.7. The molecule has 0 aliphatic carbocycles. The van der Waals surface area contributed by atoms with Gasteiger partial charge in [0.05, 0.1) is 0 Å². The lowest BCUT2D eigenvalue weighted by atomic mass is 10.1. The Hall–Kier alpha value is -0.0800. The average Bonchev–Trinajstić information content (AvgIpc) is 2.82. The number of hydrogen-bond donors (Lipinski definition) is 1.